The molecule has 0 spiro atoms. The van der Waals surface area contributed by atoms with Crippen LogP contribution >= 0.6 is 0 Å². The Morgan fingerprint density at radius 2 is 2.23 bits per heavy atom. The summed E-state index contributed by atoms with van der Waals surface area (Å²) in [5.74, 6) is 0.809. The van der Waals surface area contributed by atoms with E-state index in [-0.39, 0.29) is 17.9 Å². The van der Waals surface area contributed by atoms with Crippen LogP contribution in [0, 0.1) is 0 Å². The number of hydrogen-bond donors (Lipinski definition) is 3. The summed E-state index contributed by atoms with van der Waals surface area (Å²) in [6, 6.07) is 1.31. The number of aromatic amines is 1. The standard InChI is InChI=1S/C13H15F2N5O2/c14-13(15)22-12-4-10(19-20-12)18-11-6-16-5-9(17-11)7-1-2-8(21)3-7/h4-8,13,21H,1-3H2,(H2,17,18,19,20)/t7-,8+/m1/s1. The maximum absolute atomic E-state index is 12.1. The molecule has 1 fully saturated rings. The van der Waals surface area contributed by atoms with Crippen LogP contribution in [0.5, 0.6) is 5.88 Å². The zero-order chi connectivity index (χ0) is 15.5. The molecule has 0 aromatic carbocycles. The van der Waals surface area contributed by atoms with Crippen molar-refractivity contribution in [3.8, 4) is 5.88 Å². The molecule has 1 saturated carbocycles. The van der Waals surface area contributed by atoms with Gasteiger partial charge in [0.25, 0.3) is 0 Å². The normalized spacial score (nSPS) is 21.3. The minimum Gasteiger partial charge on any atom is -0.415 e. The van der Waals surface area contributed by atoms with Crippen molar-refractivity contribution >= 4 is 11.6 Å². The molecule has 2 aromatic heterocycles. The molecule has 0 radical (unpaired) electrons. The molecule has 2 aromatic rings. The topological polar surface area (TPSA) is 96.0 Å². The van der Waals surface area contributed by atoms with Crippen LogP contribution < -0.4 is 10.1 Å². The van der Waals surface area contributed by atoms with Gasteiger partial charge in [-0.15, -0.1) is 5.10 Å². The number of rotatable bonds is 5. The van der Waals surface area contributed by atoms with E-state index < -0.39 is 6.61 Å². The van der Waals surface area contributed by atoms with Crippen molar-refractivity contribution in [2.24, 2.45) is 0 Å². The molecule has 7 nitrogen and oxygen atoms in total. The summed E-state index contributed by atoms with van der Waals surface area (Å²) in [7, 11) is 0. The smallest absolute Gasteiger partial charge is 0.388 e. The summed E-state index contributed by atoms with van der Waals surface area (Å²) in [5, 5.41) is 18.6. The van der Waals surface area contributed by atoms with Gasteiger partial charge in [0.2, 0.25) is 5.88 Å². The fourth-order valence-electron chi connectivity index (χ4n) is 2.52. The maximum Gasteiger partial charge on any atom is 0.388 e. The average Bonchev–Trinajstić information content (AvgIpc) is 3.08. The van der Waals surface area contributed by atoms with Gasteiger partial charge in [0, 0.05) is 18.2 Å². The third-order valence-corrected chi connectivity index (χ3v) is 3.50. The molecule has 3 rings (SSSR count). The van der Waals surface area contributed by atoms with Gasteiger partial charge in [0.15, 0.2) is 0 Å². The van der Waals surface area contributed by atoms with Crippen LogP contribution in [0.4, 0.5) is 20.4 Å². The van der Waals surface area contributed by atoms with Crippen LogP contribution in [0.3, 0.4) is 0 Å². The van der Waals surface area contributed by atoms with Crippen LogP contribution in [-0.4, -0.2) is 38.0 Å². The first-order valence-electron chi connectivity index (χ1n) is 6.87. The first kappa shape index (κ1) is 14.6. The highest BCUT2D eigenvalue weighted by atomic mass is 19.3. The van der Waals surface area contributed by atoms with Crippen LogP contribution in [0.25, 0.3) is 0 Å². The molecule has 1 aliphatic rings. The molecule has 0 saturated heterocycles. The number of halogens is 2. The number of aromatic nitrogens is 4. The summed E-state index contributed by atoms with van der Waals surface area (Å²) in [6.07, 6.45) is 5.21. The molecular formula is C13H15F2N5O2. The second-order valence-corrected chi connectivity index (χ2v) is 5.12. The number of nitrogens with zero attached hydrogens (tertiary/aromatic N) is 3. The number of ether oxygens (including phenoxy) is 1. The molecule has 0 amide bonds. The predicted molar refractivity (Wildman–Crippen MR) is 73.1 cm³/mol. The van der Waals surface area contributed by atoms with Gasteiger partial charge in [-0.25, -0.2) is 4.98 Å². The molecule has 0 unspecified atom stereocenters. The lowest BCUT2D eigenvalue weighted by Gasteiger charge is -2.10. The largest absolute Gasteiger partial charge is 0.415 e. The molecule has 2 heterocycles. The van der Waals surface area contributed by atoms with Crippen molar-refractivity contribution in [1.29, 1.82) is 0 Å². The Bertz CT molecular complexity index is 636. The van der Waals surface area contributed by atoms with Crippen LogP contribution in [0.15, 0.2) is 18.5 Å². The summed E-state index contributed by atoms with van der Waals surface area (Å²) < 4.78 is 28.3. The molecule has 118 valence electrons. The SMILES string of the molecule is O[C@H]1CC[C@@H](c2cncc(Nc3cc(OC(F)F)n[nH]3)n2)C1. The average molecular weight is 311 g/mol. The highest BCUT2D eigenvalue weighted by molar-refractivity contribution is 5.51. The van der Waals surface area contributed by atoms with Crippen LogP contribution in [0.2, 0.25) is 0 Å². The molecule has 3 N–H and O–H groups in total. The number of aliphatic hydroxyl groups excluding tert-OH is 1. The van der Waals surface area contributed by atoms with E-state index in [1.807, 2.05) is 0 Å². The van der Waals surface area contributed by atoms with Crippen molar-refractivity contribution in [2.45, 2.75) is 37.9 Å². The molecule has 2 atom stereocenters. The zero-order valence-electron chi connectivity index (χ0n) is 11.5. The van der Waals surface area contributed by atoms with Gasteiger partial charge in [0.05, 0.1) is 18.0 Å². The fourth-order valence-corrected chi connectivity index (χ4v) is 2.52. The molecular weight excluding hydrogens is 296 g/mol. The van der Waals surface area contributed by atoms with Crippen molar-refractivity contribution in [1.82, 2.24) is 20.2 Å². The quantitative estimate of drug-likeness (QED) is 0.783. The zero-order valence-corrected chi connectivity index (χ0v) is 11.5. The maximum atomic E-state index is 12.1. The van der Waals surface area contributed by atoms with Crippen molar-refractivity contribution < 1.29 is 18.6 Å². The summed E-state index contributed by atoms with van der Waals surface area (Å²) in [4.78, 5) is 8.55. The molecule has 0 aliphatic heterocycles. The van der Waals surface area contributed by atoms with Gasteiger partial charge in [-0.05, 0) is 19.3 Å². The van der Waals surface area contributed by atoms with Crippen LogP contribution in [0.1, 0.15) is 30.9 Å². The third kappa shape index (κ3) is 3.48. The van der Waals surface area contributed by atoms with E-state index >= 15 is 0 Å². The van der Waals surface area contributed by atoms with E-state index in [1.165, 1.54) is 12.3 Å². The number of hydrogen-bond acceptors (Lipinski definition) is 6. The Hall–Kier alpha value is -2.29. The Kier molecular flexibility index (Phi) is 4.14. The summed E-state index contributed by atoms with van der Waals surface area (Å²) in [5.41, 5.74) is 0.796. The summed E-state index contributed by atoms with van der Waals surface area (Å²) in [6.45, 7) is -2.92. The van der Waals surface area contributed by atoms with E-state index in [4.69, 9.17) is 0 Å². The van der Waals surface area contributed by atoms with E-state index in [9.17, 15) is 13.9 Å². The molecule has 9 heteroatoms. The van der Waals surface area contributed by atoms with Crippen molar-refractivity contribution in [2.75, 3.05) is 5.32 Å². The Morgan fingerprint density at radius 1 is 1.36 bits per heavy atom. The second-order valence-electron chi connectivity index (χ2n) is 5.12. The van der Waals surface area contributed by atoms with E-state index in [0.717, 1.165) is 18.5 Å². The minimum absolute atomic E-state index is 0.184. The Balaban J connectivity index is 1.69. The van der Waals surface area contributed by atoms with Gasteiger partial charge in [-0.2, -0.15) is 8.78 Å². The Morgan fingerprint density at radius 3 is 2.95 bits per heavy atom. The highest BCUT2D eigenvalue weighted by Crippen LogP contribution is 2.33. The molecule has 0 bridgehead atoms. The van der Waals surface area contributed by atoms with E-state index in [0.29, 0.717) is 18.1 Å². The number of nitrogens with one attached hydrogen (secondary N) is 2. The van der Waals surface area contributed by atoms with E-state index in [2.05, 4.69) is 30.2 Å². The minimum atomic E-state index is -2.92. The van der Waals surface area contributed by atoms with Crippen LogP contribution in [-0.2, 0) is 0 Å². The monoisotopic (exact) mass is 311 g/mol. The van der Waals surface area contributed by atoms with Crippen molar-refractivity contribution in [3.63, 3.8) is 0 Å². The molecule has 1 aliphatic carbocycles. The first-order valence-corrected chi connectivity index (χ1v) is 6.87. The third-order valence-electron chi connectivity index (χ3n) is 3.50. The number of H-pyrrole nitrogens is 1. The number of aliphatic hydroxyl groups is 1. The number of anilines is 2. The van der Waals surface area contributed by atoms with Crippen molar-refractivity contribution in [3.05, 3.63) is 24.2 Å². The lowest BCUT2D eigenvalue weighted by atomic mass is 10.0. The van der Waals surface area contributed by atoms with Gasteiger partial charge in [-0.3, -0.25) is 10.1 Å². The van der Waals surface area contributed by atoms with E-state index in [1.54, 1.807) is 6.20 Å². The lowest BCUT2D eigenvalue weighted by Crippen LogP contribution is -2.04. The van der Waals surface area contributed by atoms with Gasteiger partial charge in [-0.1, -0.05) is 0 Å². The number of alkyl halides is 2. The lowest BCUT2D eigenvalue weighted by molar-refractivity contribution is -0.0528. The summed E-state index contributed by atoms with van der Waals surface area (Å²) >= 11 is 0. The van der Waals surface area contributed by atoms with Gasteiger partial charge in [0.1, 0.15) is 11.6 Å². The fraction of sp³-hybridized carbons (Fsp3) is 0.462. The van der Waals surface area contributed by atoms with Gasteiger partial charge >= 0.3 is 6.61 Å². The van der Waals surface area contributed by atoms with Gasteiger partial charge < -0.3 is 15.2 Å². The first-order chi connectivity index (χ1) is 10.6. The second kappa shape index (κ2) is 6.22. The highest BCUT2D eigenvalue weighted by Gasteiger charge is 2.25. The Labute approximate surface area is 124 Å². The predicted octanol–water partition coefficient (Wildman–Crippen LogP) is 2.17. The molecule has 22 heavy (non-hydrogen) atoms.